The van der Waals surface area contributed by atoms with Crippen molar-refractivity contribution in [3.8, 4) is 0 Å². The van der Waals surface area contributed by atoms with E-state index in [1.54, 1.807) is 0 Å². The largest absolute Gasteiger partial charge is 0.453 e. The Bertz CT molecular complexity index is 866. The molecule has 0 spiro atoms. The predicted molar refractivity (Wildman–Crippen MR) is 127 cm³/mol. The molecule has 0 aliphatic heterocycles. The van der Waals surface area contributed by atoms with Gasteiger partial charge in [0.05, 0.1) is 7.11 Å². The third-order valence-corrected chi connectivity index (χ3v) is 9.22. The van der Waals surface area contributed by atoms with Crippen molar-refractivity contribution in [3.05, 3.63) is 101 Å². The number of hydrogen-bond donors (Lipinski definition) is 1. The molecule has 150 valence electrons. The van der Waals surface area contributed by atoms with Crippen LogP contribution in [-0.2, 0) is 4.74 Å². The number of benzene rings is 3. The molecule has 3 rings (SSSR count). The summed E-state index contributed by atoms with van der Waals surface area (Å²) in [5.74, 6) is 0. The van der Waals surface area contributed by atoms with Crippen LogP contribution in [0.15, 0.2) is 101 Å². The molecule has 0 saturated carbocycles. The lowest BCUT2D eigenvalue weighted by Crippen LogP contribution is -2.38. The van der Waals surface area contributed by atoms with E-state index in [1.165, 1.54) is 7.11 Å². The molecule has 7 heteroatoms. The third kappa shape index (κ3) is 4.76. The molecule has 0 radical (unpaired) electrons. The number of carbonyl (C=O) groups is 1. The number of amides is 1. The van der Waals surface area contributed by atoms with Crippen LogP contribution in [0.25, 0.3) is 0 Å². The minimum Gasteiger partial charge on any atom is -0.453 e. The first-order chi connectivity index (χ1) is 13.6. The van der Waals surface area contributed by atoms with Crippen LogP contribution in [0.3, 0.4) is 0 Å². The van der Waals surface area contributed by atoms with E-state index in [-0.39, 0.29) is 16.9 Å². The number of methoxy groups -OCH3 is 1. The van der Waals surface area contributed by atoms with Crippen molar-refractivity contribution in [1.82, 2.24) is 5.32 Å². The Morgan fingerprint density at radius 3 is 1.38 bits per heavy atom. The van der Waals surface area contributed by atoms with Crippen LogP contribution < -0.4 is 21.2 Å². The summed E-state index contributed by atoms with van der Waals surface area (Å²) in [6.07, 6.45) is -0.624. The molecule has 1 N–H and O–H groups in total. The smallest absolute Gasteiger partial charge is 0.413 e. The second kappa shape index (κ2) is 10.7. The summed E-state index contributed by atoms with van der Waals surface area (Å²) in [5, 5.41) is 5.84. The van der Waals surface area contributed by atoms with Crippen LogP contribution in [0.5, 0.6) is 0 Å². The monoisotopic (exact) mass is 466 g/mol. The molecular weight excluding hydrogens is 448 g/mol. The first kappa shape index (κ1) is 23.3. The summed E-state index contributed by atoms with van der Waals surface area (Å²) < 4.78 is 4.85. The Hall–Kier alpha value is -2.03. The SMILES string of the molecule is COC(=O)NC(=C(Cl)Cl)[P+](c1ccccc1)(c1ccccc1)c1ccccc1.Cl. The minimum absolute atomic E-state index is 0. The Labute approximate surface area is 187 Å². The van der Waals surface area contributed by atoms with Crippen molar-refractivity contribution in [1.29, 1.82) is 0 Å². The lowest BCUT2D eigenvalue weighted by Gasteiger charge is -2.29. The average molecular weight is 468 g/mol. The third-order valence-electron chi connectivity index (χ3n) is 4.35. The van der Waals surface area contributed by atoms with Gasteiger partial charge in [-0.3, -0.25) is 5.32 Å². The van der Waals surface area contributed by atoms with Gasteiger partial charge >= 0.3 is 6.09 Å². The van der Waals surface area contributed by atoms with E-state index in [0.29, 0.717) is 5.44 Å². The predicted octanol–water partition coefficient (Wildman–Crippen LogP) is 5.36. The zero-order valence-corrected chi connectivity index (χ0v) is 18.8. The zero-order valence-electron chi connectivity index (χ0n) is 15.6. The van der Waals surface area contributed by atoms with Crippen LogP contribution in [-0.4, -0.2) is 13.2 Å². The Morgan fingerprint density at radius 1 is 0.759 bits per heavy atom. The molecule has 3 aromatic rings. The van der Waals surface area contributed by atoms with Crippen molar-refractivity contribution in [2.24, 2.45) is 0 Å². The van der Waals surface area contributed by atoms with Crippen molar-refractivity contribution >= 4 is 64.9 Å². The molecule has 0 bridgehead atoms. The van der Waals surface area contributed by atoms with Gasteiger partial charge in [-0.2, -0.15) is 0 Å². The van der Waals surface area contributed by atoms with Crippen molar-refractivity contribution < 1.29 is 9.53 Å². The molecule has 0 unspecified atom stereocenters. The summed E-state index contributed by atoms with van der Waals surface area (Å²) in [4.78, 5) is 12.2. The molecule has 1 amide bonds. The minimum atomic E-state index is -2.58. The topological polar surface area (TPSA) is 38.3 Å². The number of halogens is 3. The van der Waals surface area contributed by atoms with Crippen LogP contribution in [0.2, 0.25) is 0 Å². The molecule has 0 atom stereocenters. The standard InChI is InChI=1S/C22H18Cl2NO2P.ClH/c1-27-22(26)25-21(20(23)24)28(17-11-5-2-6-12-17,18-13-7-3-8-14-18)19-15-9-4-10-16-19;/h2-16H,1H3;1H/p+1. The number of nitrogens with one attached hydrogen (secondary N) is 1. The van der Waals surface area contributed by atoms with Gasteiger partial charge in [0.1, 0.15) is 15.9 Å². The van der Waals surface area contributed by atoms with E-state index in [2.05, 4.69) is 5.32 Å². The number of carbonyl (C=O) groups excluding carboxylic acids is 1. The lowest BCUT2D eigenvalue weighted by atomic mass is 10.4. The Morgan fingerprint density at radius 2 is 1.10 bits per heavy atom. The normalized spacial score (nSPS) is 10.4. The molecule has 3 nitrogen and oxygen atoms in total. The summed E-state index contributed by atoms with van der Waals surface area (Å²) >= 11 is 12.8. The van der Waals surface area contributed by atoms with E-state index in [1.807, 2.05) is 91.0 Å². The molecule has 0 aromatic heterocycles. The van der Waals surface area contributed by atoms with Gasteiger partial charge in [-0.25, -0.2) is 4.79 Å². The van der Waals surface area contributed by atoms with Gasteiger partial charge < -0.3 is 4.74 Å². The zero-order chi connectivity index (χ0) is 20.0. The fraction of sp³-hybridized carbons (Fsp3) is 0.0455. The quantitative estimate of drug-likeness (QED) is 0.513. The van der Waals surface area contributed by atoms with E-state index in [0.717, 1.165) is 15.9 Å². The molecular formula is C22H20Cl3NO2P+. The molecule has 0 saturated heterocycles. The first-order valence-corrected chi connectivity index (χ1v) is 11.1. The van der Waals surface area contributed by atoms with Crippen molar-refractivity contribution in [3.63, 3.8) is 0 Å². The van der Waals surface area contributed by atoms with Crippen LogP contribution >= 0.6 is 42.9 Å². The number of ether oxygens (including phenoxy) is 1. The van der Waals surface area contributed by atoms with E-state index in [4.69, 9.17) is 27.9 Å². The van der Waals surface area contributed by atoms with E-state index < -0.39 is 13.4 Å². The van der Waals surface area contributed by atoms with Crippen LogP contribution in [0, 0.1) is 0 Å². The van der Waals surface area contributed by atoms with Gasteiger partial charge in [-0.05, 0) is 36.4 Å². The second-order valence-corrected chi connectivity index (χ2v) is 10.2. The van der Waals surface area contributed by atoms with Gasteiger partial charge in [0, 0.05) is 0 Å². The van der Waals surface area contributed by atoms with Crippen LogP contribution in [0.4, 0.5) is 4.79 Å². The highest BCUT2D eigenvalue weighted by Crippen LogP contribution is 2.62. The number of hydrogen-bond acceptors (Lipinski definition) is 2. The molecule has 3 aromatic carbocycles. The summed E-state index contributed by atoms with van der Waals surface area (Å²) in [7, 11) is -1.27. The molecule has 29 heavy (non-hydrogen) atoms. The highest BCUT2D eigenvalue weighted by Gasteiger charge is 2.52. The maximum Gasteiger partial charge on any atom is 0.413 e. The van der Waals surface area contributed by atoms with Gasteiger partial charge in [0.25, 0.3) is 0 Å². The van der Waals surface area contributed by atoms with Crippen molar-refractivity contribution in [2.75, 3.05) is 7.11 Å². The van der Waals surface area contributed by atoms with Gasteiger partial charge in [0.15, 0.2) is 11.8 Å². The molecule has 0 aliphatic carbocycles. The fourth-order valence-corrected chi connectivity index (χ4v) is 8.09. The van der Waals surface area contributed by atoms with Gasteiger partial charge in [-0.15, -0.1) is 12.4 Å². The number of alkyl carbamates (subject to hydrolysis) is 1. The Balaban J connectivity index is 0.00000300. The molecule has 0 fully saturated rings. The first-order valence-electron chi connectivity index (χ1n) is 8.57. The average Bonchev–Trinajstić information content (AvgIpc) is 2.75. The van der Waals surface area contributed by atoms with Gasteiger partial charge in [-0.1, -0.05) is 77.8 Å². The van der Waals surface area contributed by atoms with E-state index >= 15 is 0 Å². The second-order valence-electron chi connectivity index (χ2n) is 5.90. The van der Waals surface area contributed by atoms with Crippen LogP contribution in [0.1, 0.15) is 0 Å². The summed E-state index contributed by atoms with van der Waals surface area (Å²) in [5.41, 5.74) is 0.436. The summed E-state index contributed by atoms with van der Waals surface area (Å²) in [6.45, 7) is 0. The van der Waals surface area contributed by atoms with E-state index in [9.17, 15) is 4.79 Å². The molecule has 0 heterocycles. The maximum atomic E-state index is 12.2. The van der Waals surface area contributed by atoms with Gasteiger partial charge in [0.2, 0.25) is 5.44 Å². The molecule has 0 aliphatic rings. The number of rotatable bonds is 5. The van der Waals surface area contributed by atoms with Crippen molar-refractivity contribution in [2.45, 2.75) is 0 Å². The lowest BCUT2D eigenvalue weighted by molar-refractivity contribution is 0.175. The highest BCUT2D eigenvalue weighted by atomic mass is 35.5. The summed E-state index contributed by atoms with van der Waals surface area (Å²) in [6, 6.07) is 29.8. The maximum absolute atomic E-state index is 12.2. The fourth-order valence-electron chi connectivity index (χ4n) is 3.19. The Kier molecular flexibility index (Phi) is 8.55. The highest BCUT2D eigenvalue weighted by molar-refractivity contribution is 7.99.